The Kier molecular flexibility index (Phi) is 6.63. The number of ether oxygens (including phenoxy) is 1. The number of carbonyl (C=O) groups is 1. The van der Waals surface area contributed by atoms with Gasteiger partial charge in [-0.1, -0.05) is 53.4 Å². The largest absolute Gasteiger partial charge is 0.383 e. The zero-order chi connectivity index (χ0) is 15.8. The molecule has 0 unspecified atom stereocenters. The van der Waals surface area contributed by atoms with Gasteiger partial charge in [-0.15, -0.1) is 10.2 Å². The lowest BCUT2D eigenvalue weighted by molar-refractivity contribution is -0.129. The summed E-state index contributed by atoms with van der Waals surface area (Å²) in [5, 5.41) is 8.05. The second kappa shape index (κ2) is 8.72. The van der Waals surface area contributed by atoms with Gasteiger partial charge in [-0.3, -0.25) is 4.79 Å². The minimum absolute atomic E-state index is 0.0414. The first-order chi connectivity index (χ1) is 10.7. The number of carbonyl (C=O) groups excluding carboxylic acids is 1. The van der Waals surface area contributed by atoms with Crippen LogP contribution in [0.25, 0.3) is 0 Å². The fraction of sp³-hybridized carbons (Fsp3) is 0.357. The molecule has 1 aromatic carbocycles. The number of anilines is 1. The number of aromatic nitrogens is 2. The minimum atomic E-state index is 0.0414. The Morgan fingerprint density at radius 2 is 2.14 bits per heavy atom. The molecule has 0 atom stereocenters. The predicted octanol–water partition coefficient (Wildman–Crippen LogP) is 1.89. The molecule has 0 saturated carbocycles. The van der Waals surface area contributed by atoms with Gasteiger partial charge < -0.3 is 15.4 Å². The van der Waals surface area contributed by atoms with E-state index in [0.717, 1.165) is 5.56 Å². The van der Waals surface area contributed by atoms with E-state index in [1.54, 1.807) is 12.0 Å². The van der Waals surface area contributed by atoms with Crippen molar-refractivity contribution in [3.8, 4) is 0 Å². The topological polar surface area (TPSA) is 81.3 Å². The van der Waals surface area contributed by atoms with Crippen LogP contribution in [0.1, 0.15) is 5.56 Å². The van der Waals surface area contributed by atoms with Crippen molar-refractivity contribution in [2.24, 2.45) is 0 Å². The third-order valence-corrected chi connectivity index (χ3v) is 4.75. The van der Waals surface area contributed by atoms with Crippen LogP contribution in [0.5, 0.6) is 0 Å². The Hall–Kier alpha value is -1.64. The van der Waals surface area contributed by atoms with Crippen LogP contribution in [0.2, 0.25) is 0 Å². The maximum Gasteiger partial charge on any atom is 0.233 e. The Morgan fingerprint density at radius 1 is 1.36 bits per heavy atom. The van der Waals surface area contributed by atoms with E-state index in [1.165, 1.54) is 23.1 Å². The lowest BCUT2D eigenvalue weighted by Gasteiger charge is -2.22. The summed E-state index contributed by atoms with van der Waals surface area (Å²) in [4.78, 5) is 14.2. The van der Waals surface area contributed by atoms with Crippen molar-refractivity contribution in [3.63, 3.8) is 0 Å². The van der Waals surface area contributed by atoms with Crippen molar-refractivity contribution in [2.75, 3.05) is 31.7 Å². The highest BCUT2D eigenvalue weighted by Crippen LogP contribution is 2.23. The van der Waals surface area contributed by atoms with Crippen LogP contribution >= 0.6 is 23.1 Å². The van der Waals surface area contributed by atoms with Crippen molar-refractivity contribution in [3.05, 3.63) is 35.9 Å². The molecule has 118 valence electrons. The monoisotopic (exact) mass is 338 g/mol. The SMILES string of the molecule is COCCN(Cc1ccccc1)C(=O)CSc1nnc(N)s1. The molecule has 2 aromatic rings. The van der Waals surface area contributed by atoms with Crippen molar-refractivity contribution < 1.29 is 9.53 Å². The lowest BCUT2D eigenvalue weighted by atomic mass is 10.2. The number of rotatable bonds is 8. The van der Waals surface area contributed by atoms with Gasteiger partial charge in [0.2, 0.25) is 11.0 Å². The second-order valence-corrected chi connectivity index (χ2v) is 6.72. The van der Waals surface area contributed by atoms with Crippen LogP contribution in [0, 0.1) is 0 Å². The summed E-state index contributed by atoms with van der Waals surface area (Å²) in [6.45, 7) is 1.64. The van der Waals surface area contributed by atoms with Crippen LogP contribution in [-0.4, -0.2) is 47.0 Å². The molecule has 1 heterocycles. The van der Waals surface area contributed by atoms with Crippen molar-refractivity contribution in [1.29, 1.82) is 0 Å². The fourth-order valence-electron chi connectivity index (χ4n) is 1.79. The Bertz CT molecular complexity index is 592. The molecule has 8 heteroatoms. The van der Waals surface area contributed by atoms with Crippen molar-refractivity contribution in [2.45, 2.75) is 10.9 Å². The van der Waals surface area contributed by atoms with Gasteiger partial charge >= 0.3 is 0 Å². The Labute approximate surface area is 137 Å². The van der Waals surface area contributed by atoms with E-state index in [4.69, 9.17) is 10.5 Å². The van der Waals surface area contributed by atoms with Gasteiger partial charge in [-0.25, -0.2) is 0 Å². The average molecular weight is 338 g/mol. The fourth-order valence-corrected chi connectivity index (χ4v) is 3.33. The van der Waals surface area contributed by atoms with Gasteiger partial charge in [0.05, 0.1) is 12.4 Å². The molecule has 0 spiro atoms. The number of hydrogen-bond donors (Lipinski definition) is 1. The van der Waals surface area contributed by atoms with Crippen molar-refractivity contribution >= 4 is 34.1 Å². The molecule has 2 rings (SSSR count). The van der Waals surface area contributed by atoms with Crippen LogP contribution in [0.4, 0.5) is 5.13 Å². The molecular weight excluding hydrogens is 320 g/mol. The van der Waals surface area contributed by atoms with E-state index in [9.17, 15) is 4.79 Å². The molecule has 0 aliphatic rings. The number of methoxy groups -OCH3 is 1. The highest BCUT2D eigenvalue weighted by molar-refractivity contribution is 8.01. The molecule has 0 fully saturated rings. The minimum Gasteiger partial charge on any atom is -0.383 e. The molecule has 0 saturated heterocycles. The predicted molar refractivity (Wildman–Crippen MR) is 88.8 cm³/mol. The molecule has 6 nitrogen and oxygen atoms in total. The number of hydrogen-bond acceptors (Lipinski definition) is 7. The summed E-state index contributed by atoms with van der Waals surface area (Å²) < 4.78 is 5.79. The van der Waals surface area contributed by atoms with Crippen molar-refractivity contribution in [1.82, 2.24) is 15.1 Å². The third-order valence-electron chi connectivity index (χ3n) is 2.88. The first-order valence-electron chi connectivity index (χ1n) is 6.71. The van der Waals surface area contributed by atoms with E-state index < -0.39 is 0 Å². The molecule has 0 radical (unpaired) electrons. The zero-order valence-corrected chi connectivity index (χ0v) is 13.9. The third kappa shape index (κ3) is 5.28. The van der Waals surface area contributed by atoms with E-state index in [2.05, 4.69) is 10.2 Å². The van der Waals surface area contributed by atoms with E-state index in [1.807, 2.05) is 30.3 Å². The molecule has 0 aliphatic carbocycles. The van der Waals surface area contributed by atoms with Gasteiger partial charge in [-0.2, -0.15) is 0 Å². The van der Waals surface area contributed by atoms with E-state index >= 15 is 0 Å². The summed E-state index contributed by atoms with van der Waals surface area (Å²) in [7, 11) is 1.63. The van der Waals surface area contributed by atoms with Crippen LogP contribution in [0.15, 0.2) is 34.7 Å². The molecule has 1 aromatic heterocycles. The zero-order valence-electron chi connectivity index (χ0n) is 12.3. The maximum atomic E-state index is 12.4. The Morgan fingerprint density at radius 3 is 2.77 bits per heavy atom. The molecule has 0 bridgehead atoms. The molecular formula is C14H18N4O2S2. The number of nitrogens with two attached hydrogens (primary N) is 1. The normalized spacial score (nSPS) is 10.6. The molecule has 1 amide bonds. The maximum absolute atomic E-state index is 12.4. The number of amides is 1. The summed E-state index contributed by atoms with van der Waals surface area (Å²) in [6, 6.07) is 9.90. The highest BCUT2D eigenvalue weighted by atomic mass is 32.2. The smallest absolute Gasteiger partial charge is 0.233 e. The Balaban J connectivity index is 1.93. The first kappa shape index (κ1) is 16.7. The first-order valence-corrected chi connectivity index (χ1v) is 8.51. The van der Waals surface area contributed by atoms with E-state index in [-0.39, 0.29) is 5.91 Å². The lowest BCUT2D eigenvalue weighted by Crippen LogP contribution is -2.34. The van der Waals surface area contributed by atoms with Crippen LogP contribution in [0.3, 0.4) is 0 Å². The van der Waals surface area contributed by atoms with Gasteiger partial charge in [-0.05, 0) is 5.56 Å². The van der Waals surface area contributed by atoms with Gasteiger partial charge in [0.15, 0.2) is 4.34 Å². The summed E-state index contributed by atoms with van der Waals surface area (Å²) in [6.07, 6.45) is 0. The highest BCUT2D eigenvalue weighted by Gasteiger charge is 2.15. The van der Waals surface area contributed by atoms with Gasteiger partial charge in [0.25, 0.3) is 0 Å². The van der Waals surface area contributed by atoms with Crippen LogP contribution in [-0.2, 0) is 16.1 Å². The van der Waals surface area contributed by atoms with Crippen LogP contribution < -0.4 is 5.73 Å². The second-order valence-electron chi connectivity index (χ2n) is 4.49. The standard InChI is InChI=1S/C14H18N4O2S2/c1-20-8-7-18(9-11-5-3-2-4-6-11)12(19)10-21-14-17-16-13(15)22-14/h2-6H,7-10H2,1H3,(H2,15,16). The quantitative estimate of drug-likeness (QED) is 0.740. The average Bonchev–Trinajstić information content (AvgIpc) is 2.95. The number of nitrogens with zero attached hydrogens (tertiary/aromatic N) is 3. The van der Waals surface area contributed by atoms with Gasteiger partial charge in [0.1, 0.15) is 0 Å². The number of benzene rings is 1. The number of nitrogen functional groups attached to an aromatic ring is 1. The molecule has 22 heavy (non-hydrogen) atoms. The van der Waals surface area contributed by atoms with E-state index in [0.29, 0.717) is 34.9 Å². The summed E-state index contributed by atoms with van der Waals surface area (Å²) >= 11 is 2.64. The number of thioether (sulfide) groups is 1. The summed E-state index contributed by atoms with van der Waals surface area (Å²) in [5.41, 5.74) is 6.63. The van der Waals surface area contributed by atoms with Gasteiger partial charge in [0, 0.05) is 20.2 Å². The molecule has 2 N–H and O–H groups in total. The molecule has 0 aliphatic heterocycles. The summed E-state index contributed by atoms with van der Waals surface area (Å²) in [5.74, 6) is 0.352.